The monoisotopic (exact) mass is 1490 g/mol. The summed E-state index contributed by atoms with van der Waals surface area (Å²) in [4.78, 5) is 73.0. The zero-order valence-electron chi connectivity index (χ0n) is 66.9. The molecule has 0 spiro atoms. The van der Waals surface area contributed by atoms with Gasteiger partial charge in [0, 0.05) is 25.7 Å². The van der Waals surface area contributed by atoms with Crippen molar-refractivity contribution in [3.05, 3.63) is 0 Å². The summed E-state index contributed by atoms with van der Waals surface area (Å²) in [7, 11) is -9.92. The minimum Gasteiger partial charge on any atom is -0.462 e. The van der Waals surface area contributed by atoms with Crippen LogP contribution in [0, 0.1) is 11.8 Å². The van der Waals surface area contributed by atoms with Gasteiger partial charge in [-0.3, -0.25) is 37.3 Å². The molecule has 0 aromatic rings. The number of aliphatic hydroxyl groups excluding tert-OH is 1. The van der Waals surface area contributed by atoms with Crippen molar-refractivity contribution in [2.75, 3.05) is 39.6 Å². The van der Waals surface area contributed by atoms with Gasteiger partial charge < -0.3 is 33.8 Å². The van der Waals surface area contributed by atoms with Crippen LogP contribution in [0.5, 0.6) is 0 Å². The molecule has 19 heteroatoms. The lowest BCUT2D eigenvalue weighted by molar-refractivity contribution is -0.161. The van der Waals surface area contributed by atoms with Crippen molar-refractivity contribution in [2.24, 2.45) is 11.8 Å². The average molecular weight is 1490 g/mol. The molecule has 606 valence electrons. The number of hydrogen-bond donors (Lipinski definition) is 3. The Labute approximate surface area is 626 Å². The van der Waals surface area contributed by atoms with Crippen molar-refractivity contribution >= 4 is 39.5 Å². The molecule has 0 bridgehead atoms. The second kappa shape index (κ2) is 74.5. The number of carbonyl (C=O) groups excluding carboxylic acids is 4. The Bertz CT molecular complexity index is 1960. The summed E-state index contributed by atoms with van der Waals surface area (Å²) in [5.41, 5.74) is 0. The third-order valence-corrected chi connectivity index (χ3v) is 21.7. The highest BCUT2D eigenvalue weighted by molar-refractivity contribution is 7.47. The van der Waals surface area contributed by atoms with Crippen LogP contribution < -0.4 is 0 Å². The van der Waals surface area contributed by atoms with Crippen molar-refractivity contribution in [3.63, 3.8) is 0 Å². The van der Waals surface area contributed by atoms with Crippen LogP contribution in [0.3, 0.4) is 0 Å². The molecule has 0 aromatic heterocycles. The minimum absolute atomic E-state index is 0.107. The fraction of sp³-hybridized carbons (Fsp3) is 0.952. The third kappa shape index (κ3) is 74.9. The number of aliphatic hydroxyl groups is 1. The Kier molecular flexibility index (Phi) is 73.1. The maximum atomic E-state index is 13.1. The molecule has 0 rings (SSSR count). The molecule has 0 aromatic carbocycles. The van der Waals surface area contributed by atoms with Gasteiger partial charge in [-0.2, -0.15) is 0 Å². The predicted molar refractivity (Wildman–Crippen MR) is 418 cm³/mol. The van der Waals surface area contributed by atoms with Crippen LogP contribution in [0.25, 0.3) is 0 Å². The summed E-state index contributed by atoms with van der Waals surface area (Å²) in [6, 6.07) is 0. The molecule has 0 radical (unpaired) electrons. The van der Waals surface area contributed by atoms with E-state index in [1.54, 1.807) is 0 Å². The first kappa shape index (κ1) is 100. The fourth-order valence-electron chi connectivity index (χ4n) is 12.9. The third-order valence-electron chi connectivity index (χ3n) is 19.8. The second-order valence-corrected chi connectivity index (χ2v) is 33.5. The van der Waals surface area contributed by atoms with Gasteiger partial charge in [-0.1, -0.05) is 388 Å². The molecule has 0 fully saturated rings. The van der Waals surface area contributed by atoms with E-state index in [0.29, 0.717) is 25.7 Å². The highest BCUT2D eigenvalue weighted by Gasteiger charge is 2.30. The van der Waals surface area contributed by atoms with E-state index in [0.717, 1.165) is 108 Å². The van der Waals surface area contributed by atoms with Gasteiger partial charge in [0.2, 0.25) is 0 Å². The number of esters is 4. The topological polar surface area (TPSA) is 237 Å². The number of carbonyl (C=O) groups is 4. The molecule has 0 aliphatic rings. The van der Waals surface area contributed by atoms with E-state index in [4.69, 9.17) is 37.0 Å². The highest BCUT2D eigenvalue weighted by atomic mass is 31.2. The van der Waals surface area contributed by atoms with Gasteiger partial charge in [0.15, 0.2) is 12.2 Å². The van der Waals surface area contributed by atoms with Crippen molar-refractivity contribution in [1.82, 2.24) is 0 Å². The zero-order valence-corrected chi connectivity index (χ0v) is 68.7. The SMILES string of the molecule is CCCCCCCCCCCCCCCCCCCCCCCCC(=O)O[C@H](COC(=O)CCCCCCCCCCCCCCCCCC(C)C)COP(=O)(O)OC[C@@H](O)COP(=O)(O)OC[C@@H](COC(=O)CCCCCCCCC(C)CC)OC(=O)CCCCCCCCCCCCCC. The number of ether oxygens (including phenoxy) is 4. The van der Waals surface area contributed by atoms with Gasteiger partial charge in [-0.15, -0.1) is 0 Å². The number of phosphoric acid groups is 2. The number of unbranched alkanes of at least 4 members (excludes halogenated alkanes) is 51. The molecule has 6 atom stereocenters. The van der Waals surface area contributed by atoms with E-state index in [2.05, 4.69) is 41.5 Å². The summed E-state index contributed by atoms with van der Waals surface area (Å²) in [5, 5.41) is 10.6. The Morgan fingerprint density at radius 1 is 0.284 bits per heavy atom. The fourth-order valence-corrected chi connectivity index (χ4v) is 14.4. The van der Waals surface area contributed by atoms with E-state index in [1.807, 2.05) is 0 Å². The highest BCUT2D eigenvalue weighted by Crippen LogP contribution is 2.45. The molecule has 102 heavy (non-hydrogen) atoms. The summed E-state index contributed by atoms with van der Waals surface area (Å²) in [6.45, 7) is 9.63. The van der Waals surface area contributed by atoms with Crippen molar-refractivity contribution in [2.45, 2.75) is 458 Å². The van der Waals surface area contributed by atoms with Crippen molar-refractivity contribution < 1.29 is 80.2 Å². The van der Waals surface area contributed by atoms with Crippen LogP contribution in [-0.2, 0) is 65.4 Å². The first-order valence-electron chi connectivity index (χ1n) is 43.0. The summed E-state index contributed by atoms with van der Waals surface area (Å²) < 4.78 is 68.7. The Morgan fingerprint density at radius 2 is 0.500 bits per heavy atom. The number of phosphoric ester groups is 2. The van der Waals surface area contributed by atoms with Gasteiger partial charge >= 0.3 is 39.5 Å². The van der Waals surface area contributed by atoms with Crippen molar-refractivity contribution in [3.8, 4) is 0 Å². The molecular weight excluding hydrogens is 1330 g/mol. The maximum absolute atomic E-state index is 13.1. The van der Waals surface area contributed by atoms with E-state index in [9.17, 15) is 43.2 Å². The second-order valence-electron chi connectivity index (χ2n) is 30.6. The molecule has 0 saturated carbocycles. The lowest BCUT2D eigenvalue weighted by atomic mass is 10.00. The predicted octanol–water partition coefficient (Wildman–Crippen LogP) is 25.1. The first-order valence-corrected chi connectivity index (χ1v) is 46.0. The van der Waals surface area contributed by atoms with Gasteiger partial charge in [0.25, 0.3) is 0 Å². The maximum Gasteiger partial charge on any atom is 0.472 e. The van der Waals surface area contributed by atoms with Crippen LogP contribution in [0.1, 0.15) is 440 Å². The van der Waals surface area contributed by atoms with Gasteiger partial charge in [0.1, 0.15) is 19.3 Å². The Morgan fingerprint density at radius 3 is 0.745 bits per heavy atom. The van der Waals surface area contributed by atoms with E-state index in [-0.39, 0.29) is 25.7 Å². The molecular formula is C83H162O17P2. The van der Waals surface area contributed by atoms with Gasteiger partial charge in [-0.05, 0) is 37.5 Å². The number of rotatable bonds is 82. The van der Waals surface area contributed by atoms with Crippen molar-refractivity contribution in [1.29, 1.82) is 0 Å². The van der Waals surface area contributed by atoms with Gasteiger partial charge in [0.05, 0.1) is 26.4 Å². The standard InChI is InChI=1S/C83H162O17P2/c1-7-10-12-14-16-18-20-22-23-24-25-26-27-28-29-32-36-40-44-48-56-62-68-83(88)99-78(71-93-80(85)65-59-53-46-42-39-35-33-30-31-34-37-41-45-51-57-63-75(4)5)73-97-101(89,90)95-69-77(84)70-96-102(91,92)98-74-79(72-94-81(86)66-60-54-50-49-52-58-64-76(6)9-3)100-82(87)67-61-55-47-43-38-21-19-17-15-13-11-8-2/h75-79,84H,7-74H2,1-6H3,(H,89,90)(H,91,92)/t76?,77-,78-,79-/m1/s1. The van der Waals surface area contributed by atoms with Crippen LogP contribution >= 0.6 is 15.6 Å². The van der Waals surface area contributed by atoms with E-state index < -0.39 is 97.5 Å². The molecule has 0 heterocycles. The van der Waals surface area contributed by atoms with Crippen LogP contribution in [-0.4, -0.2) is 96.7 Å². The summed E-state index contributed by atoms with van der Waals surface area (Å²) in [6.07, 6.45) is 65.4. The molecule has 3 N–H and O–H groups in total. The van der Waals surface area contributed by atoms with E-state index >= 15 is 0 Å². The normalized spacial score (nSPS) is 14.1. The summed E-state index contributed by atoms with van der Waals surface area (Å²) >= 11 is 0. The smallest absolute Gasteiger partial charge is 0.462 e. The summed E-state index contributed by atoms with van der Waals surface area (Å²) in [5.74, 6) is -0.571. The molecule has 0 aliphatic carbocycles. The number of hydrogen-bond acceptors (Lipinski definition) is 15. The average Bonchev–Trinajstić information content (AvgIpc) is 0.921. The molecule has 3 unspecified atom stereocenters. The molecule has 0 saturated heterocycles. The lowest BCUT2D eigenvalue weighted by Crippen LogP contribution is -2.30. The molecule has 0 amide bonds. The Balaban J connectivity index is 5.20. The zero-order chi connectivity index (χ0) is 74.9. The molecule has 0 aliphatic heterocycles. The van der Waals surface area contributed by atoms with Gasteiger partial charge in [-0.25, -0.2) is 9.13 Å². The molecule has 17 nitrogen and oxygen atoms in total. The van der Waals surface area contributed by atoms with Crippen LogP contribution in [0.4, 0.5) is 0 Å². The van der Waals surface area contributed by atoms with Crippen LogP contribution in [0.15, 0.2) is 0 Å². The minimum atomic E-state index is -4.96. The first-order chi connectivity index (χ1) is 49.4. The van der Waals surface area contributed by atoms with E-state index in [1.165, 1.54) is 250 Å². The lowest BCUT2D eigenvalue weighted by Gasteiger charge is -2.21. The quantitative estimate of drug-likeness (QED) is 0.0222. The Hall–Kier alpha value is -1.94. The van der Waals surface area contributed by atoms with Crippen LogP contribution in [0.2, 0.25) is 0 Å². The largest absolute Gasteiger partial charge is 0.472 e.